The van der Waals surface area contributed by atoms with Gasteiger partial charge in [0.1, 0.15) is 13.0 Å². The molecule has 1 heterocycles. The third-order valence-electron chi connectivity index (χ3n) is 2.30. The molecular formula is C10H6F10N2O3. The summed E-state index contributed by atoms with van der Waals surface area (Å²) in [4.78, 5) is 30.7. The largest absolute Gasteiger partial charge is 0.495 e. The molecule has 15 heteroatoms. The van der Waals surface area contributed by atoms with Gasteiger partial charge in [0.15, 0.2) is 0 Å². The summed E-state index contributed by atoms with van der Waals surface area (Å²) in [7, 11) is 0. The predicted molar refractivity (Wildman–Crippen MR) is 57.0 cm³/mol. The summed E-state index contributed by atoms with van der Waals surface area (Å²) < 4.78 is 119. The number of amides is 4. The van der Waals surface area contributed by atoms with Crippen molar-refractivity contribution < 1.29 is 58.3 Å². The summed E-state index contributed by atoms with van der Waals surface area (Å²) in [6.45, 7) is -0.423. The molecule has 4 amide bonds. The number of rotatable bonds is 2. The maximum atomic E-state index is 12.7. The van der Waals surface area contributed by atoms with Crippen LogP contribution in [0, 0.1) is 0 Å². The molecule has 0 bridgehead atoms. The lowest BCUT2D eigenvalue weighted by Crippen LogP contribution is -2.62. The average Bonchev–Trinajstić information content (AvgIpc) is 2.30. The lowest BCUT2D eigenvalue weighted by molar-refractivity contribution is -0.285. The van der Waals surface area contributed by atoms with Crippen molar-refractivity contribution >= 4 is 17.8 Å². The maximum absolute atomic E-state index is 12.7. The van der Waals surface area contributed by atoms with Crippen LogP contribution >= 0.6 is 0 Å². The van der Waals surface area contributed by atoms with Crippen molar-refractivity contribution in [3.8, 4) is 0 Å². The van der Waals surface area contributed by atoms with Crippen LogP contribution in [0.15, 0.2) is 12.7 Å². The smallest absolute Gasteiger partial charge is 0.274 e. The van der Waals surface area contributed by atoms with Crippen LogP contribution < -0.4 is 0 Å². The minimum absolute atomic E-state index is 0.956. The van der Waals surface area contributed by atoms with Crippen LogP contribution in [0.4, 0.5) is 48.7 Å². The van der Waals surface area contributed by atoms with Gasteiger partial charge in [-0.2, -0.15) is 35.6 Å². The van der Waals surface area contributed by atoms with Crippen LogP contribution in [0.3, 0.4) is 0 Å². The fourth-order valence-corrected chi connectivity index (χ4v) is 1.33. The van der Waals surface area contributed by atoms with Crippen molar-refractivity contribution in [3.05, 3.63) is 12.7 Å². The summed E-state index contributed by atoms with van der Waals surface area (Å²) in [6, 6.07) is -2.60. The Balaban J connectivity index is 0.00000129. The highest BCUT2D eigenvalue weighted by Gasteiger charge is 2.61. The molecule has 1 aliphatic heterocycles. The zero-order valence-corrected chi connectivity index (χ0v) is 11.5. The number of nitrogens with zero attached hydrogens (tertiary/aromatic N) is 2. The van der Waals surface area contributed by atoms with Gasteiger partial charge < -0.3 is 0 Å². The van der Waals surface area contributed by atoms with Crippen LogP contribution in [-0.4, -0.2) is 52.6 Å². The minimum Gasteiger partial charge on any atom is -0.274 e. The lowest BCUT2D eigenvalue weighted by atomic mass is 10.2. The Labute approximate surface area is 131 Å². The Morgan fingerprint density at radius 2 is 1.32 bits per heavy atom. The van der Waals surface area contributed by atoms with Crippen molar-refractivity contribution in [1.29, 1.82) is 0 Å². The van der Waals surface area contributed by atoms with E-state index in [0.717, 1.165) is 0 Å². The second-order valence-corrected chi connectivity index (χ2v) is 4.18. The molecule has 0 aromatic carbocycles. The third kappa shape index (κ3) is 5.90. The Morgan fingerprint density at radius 3 is 1.64 bits per heavy atom. The zero-order valence-electron chi connectivity index (χ0n) is 11.5. The number of imide groups is 2. The van der Waals surface area contributed by atoms with E-state index < -0.39 is 65.1 Å². The summed E-state index contributed by atoms with van der Waals surface area (Å²) in [6.07, 6.45) is -15.3. The Hall–Kier alpha value is -2.35. The van der Waals surface area contributed by atoms with Gasteiger partial charge in [-0.1, -0.05) is 0 Å². The molecule has 0 unspecified atom stereocenters. The third-order valence-corrected chi connectivity index (χ3v) is 2.30. The molecule has 144 valence electrons. The van der Waals surface area contributed by atoms with E-state index in [2.05, 4.69) is 6.58 Å². The quantitative estimate of drug-likeness (QED) is 0.412. The first-order valence-corrected chi connectivity index (χ1v) is 5.60. The van der Waals surface area contributed by atoms with Gasteiger partial charge in [-0.25, -0.2) is 4.79 Å². The minimum atomic E-state index is -6.18. The number of hydrogen-bond donors (Lipinski definition) is 0. The van der Waals surface area contributed by atoms with E-state index in [0.29, 0.717) is 0 Å². The molecule has 25 heavy (non-hydrogen) atoms. The topological polar surface area (TPSA) is 57.7 Å². The first-order chi connectivity index (χ1) is 10.9. The standard InChI is InChI=1S/C8H4F8N2O3.C2H2F2/c9-6(10,7(11,12)13)2-17-3(19)1-4(20)18(5(17)21)8(14,15)16;1-2(3)4/h1-2H2;1H2. The molecule has 0 aliphatic carbocycles. The first-order valence-electron chi connectivity index (χ1n) is 5.60. The van der Waals surface area contributed by atoms with Crippen molar-refractivity contribution in [2.45, 2.75) is 24.8 Å². The number of urea groups is 1. The number of alkyl halides is 8. The maximum Gasteiger partial charge on any atom is 0.495 e. The SMILES string of the molecule is C=C(F)F.O=C1CC(=O)N(C(F)(F)F)C(=O)N1CC(F)(F)C(F)(F)F. The highest BCUT2D eigenvalue weighted by Crippen LogP contribution is 2.37. The number of carbonyl (C=O) groups is 3. The average molecular weight is 392 g/mol. The van der Waals surface area contributed by atoms with Gasteiger partial charge in [0, 0.05) is 0 Å². The molecule has 1 aliphatic rings. The molecule has 0 spiro atoms. The normalized spacial score (nSPS) is 16.6. The van der Waals surface area contributed by atoms with E-state index in [1.165, 1.54) is 0 Å². The number of hydrogen-bond acceptors (Lipinski definition) is 3. The van der Waals surface area contributed by atoms with Crippen molar-refractivity contribution in [2.75, 3.05) is 6.54 Å². The van der Waals surface area contributed by atoms with E-state index in [1.54, 1.807) is 0 Å². The molecule has 0 aromatic heterocycles. The van der Waals surface area contributed by atoms with Crippen molar-refractivity contribution in [1.82, 2.24) is 9.80 Å². The fourth-order valence-electron chi connectivity index (χ4n) is 1.33. The molecule has 1 saturated heterocycles. The molecular weight excluding hydrogens is 386 g/mol. The van der Waals surface area contributed by atoms with Gasteiger partial charge in [0.25, 0.3) is 6.08 Å². The summed E-state index contributed by atoms with van der Waals surface area (Å²) in [5.41, 5.74) is 0. The van der Waals surface area contributed by atoms with E-state index in [-0.39, 0.29) is 0 Å². The second kappa shape index (κ2) is 7.26. The number of barbiturate groups is 1. The van der Waals surface area contributed by atoms with Crippen LogP contribution in [-0.2, 0) is 9.59 Å². The van der Waals surface area contributed by atoms with E-state index in [1.807, 2.05) is 0 Å². The molecule has 1 fully saturated rings. The lowest BCUT2D eigenvalue weighted by Gasteiger charge is -2.35. The number of carbonyl (C=O) groups excluding carboxylic acids is 3. The summed E-state index contributed by atoms with van der Waals surface area (Å²) >= 11 is 0. The van der Waals surface area contributed by atoms with Crippen molar-refractivity contribution in [2.24, 2.45) is 0 Å². The molecule has 0 saturated carbocycles. The van der Waals surface area contributed by atoms with Gasteiger partial charge in [0.05, 0.1) is 0 Å². The van der Waals surface area contributed by atoms with Crippen molar-refractivity contribution in [3.63, 3.8) is 0 Å². The zero-order chi connectivity index (χ0) is 20.4. The van der Waals surface area contributed by atoms with Crippen LogP contribution in [0.25, 0.3) is 0 Å². The van der Waals surface area contributed by atoms with E-state index in [4.69, 9.17) is 0 Å². The Kier molecular flexibility index (Phi) is 6.58. The van der Waals surface area contributed by atoms with Crippen LogP contribution in [0.5, 0.6) is 0 Å². The highest BCUT2D eigenvalue weighted by molar-refractivity contribution is 6.14. The van der Waals surface area contributed by atoms with E-state index >= 15 is 0 Å². The molecule has 1 rings (SSSR count). The highest BCUT2D eigenvalue weighted by atomic mass is 19.4. The fraction of sp³-hybridized carbons (Fsp3) is 0.500. The molecule has 0 aromatic rings. The van der Waals surface area contributed by atoms with Crippen LogP contribution in [0.2, 0.25) is 0 Å². The summed E-state index contributed by atoms with van der Waals surface area (Å²) in [5.74, 6) is -9.56. The van der Waals surface area contributed by atoms with E-state index in [9.17, 15) is 58.3 Å². The monoisotopic (exact) mass is 392 g/mol. The molecule has 5 nitrogen and oxygen atoms in total. The molecule has 0 radical (unpaired) electrons. The number of halogens is 10. The summed E-state index contributed by atoms with van der Waals surface area (Å²) in [5, 5.41) is 0. The predicted octanol–water partition coefficient (Wildman–Crippen LogP) is 3.28. The van der Waals surface area contributed by atoms with Crippen LogP contribution in [0.1, 0.15) is 6.42 Å². The van der Waals surface area contributed by atoms with Gasteiger partial charge in [-0.3, -0.25) is 14.5 Å². The molecule has 0 N–H and O–H groups in total. The molecule has 0 atom stereocenters. The Morgan fingerprint density at radius 1 is 0.920 bits per heavy atom. The van der Waals surface area contributed by atoms with Gasteiger partial charge in [-0.05, 0) is 6.58 Å². The first kappa shape index (κ1) is 22.7. The van der Waals surface area contributed by atoms with Gasteiger partial charge >= 0.3 is 24.4 Å². The van der Waals surface area contributed by atoms with Gasteiger partial charge in [-0.15, -0.1) is 13.2 Å². The Bertz CT molecular complexity index is 564. The second-order valence-electron chi connectivity index (χ2n) is 4.18. The van der Waals surface area contributed by atoms with Gasteiger partial charge in [0.2, 0.25) is 11.8 Å².